The molecule has 1 aliphatic heterocycles. The van der Waals surface area contributed by atoms with Crippen LogP contribution in [-0.2, 0) is 4.84 Å². The molecule has 0 atom stereocenters. The molecule has 0 unspecified atom stereocenters. The van der Waals surface area contributed by atoms with E-state index in [2.05, 4.69) is 0 Å². The predicted octanol–water partition coefficient (Wildman–Crippen LogP) is -0.516. The van der Waals surface area contributed by atoms with E-state index in [1.54, 1.807) is 0 Å². The lowest BCUT2D eigenvalue weighted by molar-refractivity contribution is -0.0122. The number of hydrogen-bond acceptors (Lipinski definition) is 3. The molecule has 0 bridgehead atoms. The highest BCUT2D eigenvalue weighted by atomic mass is 16.7. The van der Waals surface area contributed by atoms with Crippen molar-refractivity contribution in [3.8, 4) is 6.19 Å². The Bertz CT molecular complexity index is 93.6. The fourth-order valence-corrected chi connectivity index (χ4v) is 0.526. The molecule has 0 aromatic rings. The second-order valence-corrected chi connectivity index (χ2v) is 1.39. The zero-order chi connectivity index (χ0) is 5.11. The van der Waals surface area contributed by atoms with Gasteiger partial charge in [-0.25, -0.2) is 4.97 Å². The maximum atomic E-state index is 8.12. The van der Waals surface area contributed by atoms with Gasteiger partial charge >= 0.3 is 0 Å². The minimum atomic E-state index is 0.702. The largest absolute Gasteiger partial charge is 0.290 e. The Kier molecular flexibility index (Phi) is 1.18. The molecule has 0 N–H and O–H groups in total. The first kappa shape index (κ1) is 4.47. The first-order chi connectivity index (χ1) is 3.43. The van der Waals surface area contributed by atoms with E-state index in [-0.39, 0.29) is 0 Å². The molecule has 7 heavy (non-hydrogen) atoms. The molecule has 0 aromatic carbocycles. The zero-order valence-corrected chi connectivity index (χ0v) is 3.92. The second-order valence-electron chi connectivity index (χ2n) is 1.39. The number of nitrogens with zero attached hydrogens (tertiary/aromatic N) is 2. The molecule has 0 aromatic heterocycles. The fourth-order valence-electron chi connectivity index (χ4n) is 0.526. The first-order valence-electron chi connectivity index (χ1n) is 2.23. The Morgan fingerprint density at radius 2 is 2.71 bits per heavy atom. The van der Waals surface area contributed by atoms with Crippen LogP contribution in [0.4, 0.5) is 0 Å². The van der Waals surface area contributed by atoms with E-state index in [1.807, 2.05) is 6.19 Å². The number of rotatable bonds is 0. The van der Waals surface area contributed by atoms with Crippen molar-refractivity contribution in [1.82, 2.24) is 4.97 Å². The van der Waals surface area contributed by atoms with Gasteiger partial charge in [0.2, 0.25) is 0 Å². The van der Waals surface area contributed by atoms with Gasteiger partial charge in [-0.15, -0.1) is 0 Å². The summed E-state index contributed by atoms with van der Waals surface area (Å²) in [5.74, 6) is 0. The van der Waals surface area contributed by atoms with Crippen LogP contribution >= 0.6 is 0 Å². The lowest BCUT2D eigenvalue weighted by Crippen LogP contribution is -2.11. The van der Waals surface area contributed by atoms with Gasteiger partial charge < -0.3 is 0 Å². The van der Waals surface area contributed by atoms with E-state index >= 15 is 0 Å². The molecule has 1 heterocycles. The molecular weight excluding hydrogens is 90.9 g/mol. The van der Waals surface area contributed by atoms with Crippen LogP contribution in [-0.4, -0.2) is 19.0 Å². The van der Waals surface area contributed by atoms with Gasteiger partial charge in [0, 0.05) is 0 Å². The average molecular weight is 95.9 g/mol. The van der Waals surface area contributed by atoms with Crippen LogP contribution < -0.4 is 0 Å². The lowest BCUT2D eigenvalue weighted by Gasteiger charge is -1.99. The van der Waals surface area contributed by atoms with Crippen LogP contribution in [0.1, 0.15) is 0 Å². The molecule has 1 rings (SSSR count). The zero-order valence-electron chi connectivity index (χ0n) is 3.92. The molecule has 0 saturated carbocycles. The van der Waals surface area contributed by atoms with Crippen molar-refractivity contribution >= 4 is 7.41 Å². The summed E-state index contributed by atoms with van der Waals surface area (Å²) in [6.45, 7) is 0.702. The van der Waals surface area contributed by atoms with Crippen molar-refractivity contribution in [2.24, 2.45) is 0 Å². The van der Waals surface area contributed by atoms with E-state index in [1.165, 1.54) is 4.97 Å². The van der Waals surface area contributed by atoms with Crippen LogP contribution in [0.2, 0.25) is 6.32 Å². The highest BCUT2D eigenvalue weighted by molar-refractivity contribution is 6.32. The molecule has 36 valence electrons. The quantitative estimate of drug-likeness (QED) is 0.301. The lowest BCUT2D eigenvalue weighted by atomic mass is 9.92. The van der Waals surface area contributed by atoms with Gasteiger partial charge in [-0.3, -0.25) is 4.84 Å². The van der Waals surface area contributed by atoms with Crippen molar-refractivity contribution in [2.75, 3.05) is 6.61 Å². The van der Waals surface area contributed by atoms with Crippen LogP contribution in [0.3, 0.4) is 0 Å². The smallest absolute Gasteiger partial charge is 0.279 e. The van der Waals surface area contributed by atoms with E-state index in [9.17, 15) is 0 Å². The van der Waals surface area contributed by atoms with Gasteiger partial charge in [0.05, 0.1) is 6.61 Å². The monoisotopic (exact) mass is 96.0 g/mol. The molecule has 0 amide bonds. The van der Waals surface area contributed by atoms with E-state index < -0.39 is 0 Å². The minimum Gasteiger partial charge on any atom is -0.279 e. The molecule has 1 saturated heterocycles. The third-order valence-electron chi connectivity index (χ3n) is 0.864. The average Bonchev–Trinajstić information content (AvgIpc) is 2.14. The Hall–Kier alpha value is -0.685. The standard InChI is InChI=1S/C3H5BN2O/c5-3-6-4-1-2-7-6/h4H,1-2H2. The SMILES string of the molecule is N#CN1BCCO1. The molecule has 3 nitrogen and oxygen atoms in total. The van der Waals surface area contributed by atoms with Crippen molar-refractivity contribution in [3.05, 3.63) is 0 Å². The summed E-state index contributed by atoms with van der Waals surface area (Å²) in [7, 11) is 0.760. The highest BCUT2D eigenvalue weighted by Gasteiger charge is 2.10. The summed E-state index contributed by atoms with van der Waals surface area (Å²) >= 11 is 0. The van der Waals surface area contributed by atoms with Crippen molar-refractivity contribution in [1.29, 1.82) is 5.26 Å². The predicted molar refractivity (Wildman–Crippen MR) is 25.4 cm³/mol. The van der Waals surface area contributed by atoms with Gasteiger partial charge in [-0.1, -0.05) is 0 Å². The molecule has 0 spiro atoms. The van der Waals surface area contributed by atoms with Crippen molar-refractivity contribution < 1.29 is 4.84 Å². The van der Waals surface area contributed by atoms with Gasteiger partial charge in [0.25, 0.3) is 7.41 Å². The topological polar surface area (TPSA) is 36.3 Å². The Labute approximate surface area is 42.7 Å². The summed E-state index contributed by atoms with van der Waals surface area (Å²) in [4.78, 5) is 6.07. The minimum absolute atomic E-state index is 0.702. The number of hydrogen-bond donors (Lipinski definition) is 0. The molecule has 4 heteroatoms. The third kappa shape index (κ3) is 0.845. The van der Waals surface area contributed by atoms with Gasteiger partial charge in [-0.05, 0) is 6.32 Å². The van der Waals surface area contributed by atoms with Crippen LogP contribution in [0.5, 0.6) is 0 Å². The van der Waals surface area contributed by atoms with Crippen LogP contribution in [0.15, 0.2) is 0 Å². The maximum Gasteiger partial charge on any atom is 0.290 e. The molecule has 0 radical (unpaired) electrons. The van der Waals surface area contributed by atoms with E-state index in [4.69, 9.17) is 10.1 Å². The summed E-state index contributed by atoms with van der Waals surface area (Å²) in [5, 5.41) is 8.12. The molecule has 0 aliphatic carbocycles. The van der Waals surface area contributed by atoms with Gasteiger partial charge in [0.1, 0.15) is 0 Å². The van der Waals surface area contributed by atoms with Crippen molar-refractivity contribution in [3.63, 3.8) is 0 Å². The highest BCUT2D eigenvalue weighted by Crippen LogP contribution is 1.98. The molecular formula is C3H5BN2O. The Balaban J connectivity index is 2.31. The summed E-state index contributed by atoms with van der Waals surface area (Å²) in [6.07, 6.45) is 2.85. The second kappa shape index (κ2) is 1.85. The number of nitriles is 1. The summed E-state index contributed by atoms with van der Waals surface area (Å²) in [6, 6.07) is 0. The fraction of sp³-hybridized carbons (Fsp3) is 0.667. The summed E-state index contributed by atoms with van der Waals surface area (Å²) in [5.41, 5.74) is 0. The summed E-state index contributed by atoms with van der Waals surface area (Å²) < 4.78 is 0. The van der Waals surface area contributed by atoms with E-state index in [0.717, 1.165) is 13.7 Å². The van der Waals surface area contributed by atoms with Crippen LogP contribution in [0.25, 0.3) is 0 Å². The van der Waals surface area contributed by atoms with Gasteiger partial charge in [-0.2, -0.15) is 5.26 Å². The van der Waals surface area contributed by atoms with Crippen LogP contribution in [0, 0.1) is 11.5 Å². The van der Waals surface area contributed by atoms with Crippen molar-refractivity contribution in [2.45, 2.75) is 6.32 Å². The normalized spacial score (nSPS) is 18.4. The number of hydroxylamine groups is 1. The van der Waals surface area contributed by atoms with E-state index in [0.29, 0.717) is 6.61 Å². The maximum absolute atomic E-state index is 8.12. The Morgan fingerprint density at radius 3 is 3.00 bits per heavy atom. The first-order valence-corrected chi connectivity index (χ1v) is 2.23. The van der Waals surface area contributed by atoms with Gasteiger partial charge in [0.15, 0.2) is 6.19 Å². The molecule has 1 fully saturated rings. The third-order valence-corrected chi connectivity index (χ3v) is 0.864. The Morgan fingerprint density at radius 1 is 1.86 bits per heavy atom. The molecule has 1 aliphatic rings.